The predicted molar refractivity (Wildman–Crippen MR) is 70.4 cm³/mol. The topological polar surface area (TPSA) is 94.7 Å². The van der Waals surface area contributed by atoms with Crippen LogP contribution in [0.1, 0.15) is 24.3 Å². The number of rotatable bonds is 6. The first-order chi connectivity index (χ1) is 9.40. The molecular weight excluding hydrogens is 266 g/mol. The molecule has 0 saturated carbocycles. The molecule has 8 nitrogen and oxygen atoms in total. The lowest BCUT2D eigenvalue weighted by molar-refractivity contribution is -0.384. The molecule has 0 unspecified atom stereocenters. The number of esters is 1. The minimum absolute atomic E-state index is 0.153. The summed E-state index contributed by atoms with van der Waals surface area (Å²) in [6.07, 6.45) is 1.30. The molecule has 0 radical (unpaired) electrons. The lowest BCUT2D eigenvalue weighted by Gasteiger charge is -2.16. The molecule has 1 aromatic heterocycles. The summed E-state index contributed by atoms with van der Waals surface area (Å²) in [5.74, 6) is -0.986. The van der Waals surface area contributed by atoms with Gasteiger partial charge in [-0.3, -0.25) is 19.7 Å². The molecule has 0 N–H and O–H groups in total. The van der Waals surface area contributed by atoms with Gasteiger partial charge in [-0.25, -0.2) is 0 Å². The Morgan fingerprint density at radius 2 is 2.10 bits per heavy atom. The van der Waals surface area contributed by atoms with Gasteiger partial charge in [-0.2, -0.15) is 0 Å². The number of hydrogen-bond donors (Lipinski definition) is 0. The molecule has 0 fully saturated rings. The molecule has 0 aromatic carbocycles. The van der Waals surface area contributed by atoms with Gasteiger partial charge in [0.05, 0.1) is 17.7 Å². The summed E-state index contributed by atoms with van der Waals surface area (Å²) in [6, 6.07) is 1.20. The van der Waals surface area contributed by atoms with Crippen LogP contribution in [-0.2, 0) is 16.1 Å². The summed E-state index contributed by atoms with van der Waals surface area (Å²) in [5.41, 5.74) is 0.0192. The van der Waals surface area contributed by atoms with Gasteiger partial charge < -0.3 is 14.2 Å². The van der Waals surface area contributed by atoms with Crippen LogP contribution in [0.4, 0.5) is 5.69 Å². The van der Waals surface area contributed by atoms with Gasteiger partial charge in [0.25, 0.3) is 11.6 Å². The first kappa shape index (κ1) is 15.7. The number of hydrogen-bond acceptors (Lipinski definition) is 5. The number of aryl methyl sites for hydroxylation is 1. The molecule has 1 amide bonds. The Labute approximate surface area is 116 Å². The Morgan fingerprint density at radius 3 is 2.60 bits per heavy atom. The first-order valence-corrected chi connectivity index (χ1v) is 6.16. The summed E-state index contributed by atoms with van der Waals surface area (Å²) in [6.45, 7) is 3.90. The van der Waals surface area contributed by atoms with Crippen molar-refractivity contribution in [1.82, 2.24) is 9.47 Å². The van der Waals surface area contributed by atoms with Crippen LogP contribution in [0.15, 0.2) is 12.3 Å². The summed E-state index contributed by atoms with van der Waals surface area (Å²) < 4.78 is 6.23. The average molecular weight is 283 g/mol. The maximum atomic E-state index is 12.2. The number of likely N-dealkylation sites (N-methyl/N-ethyl adjacent to an activating group) is 1. The molecule has 0 spiro atoms. The second kappa shape index (κ2) is 6.69. The van der Waals surface area contributed by atoms with Crippen LogP contribution in [0.2, 0.25) is 0 Å². The quantitative estimate of drug-likeness (QED) is 0.442. The molecule has 0 saturated heterocycles. The highest BCUT2D eigenvalue weighted by atomic mass is 16.6. The molecule has 1 aromatic rings. The number of nitrogens with zero attached hydrogens (tertiary/aromatic N) is 3. The molecule has 1 rings (SSSR count). The summed E-state index contributed by atoms with van der Waals surface area (Å²) >= 11 is 0. The monoisotopic (exact) mass is 283 g/mol. The maximum Gasteiger partial charge on any atom is 0.325 e. The summed E-state index contributed by atoms with van der Waals surface area (Å²) in [7, 11) is 1.44. The van der Waals surface area contributed by atoms with Gasteiger partial charge in [-0.05, 0) is 13.8 Å². The Kier molecular flexibility index (Phi) is 5.24. The van der Waals surface area contributed by atoms with Gasteiger partial charge in [0.1, 0.15) is 12.2 Å². The van der Waals surface area contributed by atoms with Crippen molar-refractivity contribution in [3.05, 3.63) is 28.1 Å². The van der Waals surface area contributed by atoms with E-state index in [0.29, 0.717) is 6.54 Å². The van der Waals surface area contributed by atoms with Crippen molar-refractivity contribution in [3.63, 3.8) is 0 Å². The molecule has 0 aliphatic heterocycles. The van der Waals surface area contributed by atoms with Gasteiger partial charge in [-0.1, -0.05) is 0 Å². The smallest absolute Gasteiger partial charge is 0.325 e. The number of nitro groups is 1. The van der Waals surface area contributed by atoms with Crippen LogP contribution >= 0.6 is 0 Å². The van der Waals surface area contributed by atoms with E-state index in [1.54, 1.807) is 13.8 Å². The molecule has 1 heterocycles. The molecule has 0 bridgehead atoms. The second-order valence-electron chi connectivity index (χ2n) is 4.09. The van der Waals surface area contributed by atoms with Crippen LogP contribution in [0.5, 0.6) is 0 Å². The van der Waals surface area contributed by atoms with E-state index in [2.05, 4.69) is 0 Å². The van der Waals surface area contributed by atoms with Crippen molar-refractivity contribution in [2.75, 3.05) is 20.2 Å². The molecule has 8 heteroatoms. The zero-order valence-corrected chi connectivity index (χ0v) is 11.7. The number of carbonyl (C=O) groups excluding carboxylic acids is 2. The fourth-order valence-electron chi connectivity index (χ4n) is 1.70. The van der Waals surface area contributed by atoms with Gasteiger partial charge in [0.2, 0.25) is 0 Å². The van der Waals surface area contributed by atoms with Gasteiger partial charge >= 0.3 is 5.97 Å². The third-order valence-corrected chi connectivity index (χ3v) is 2.67. The highest BCUT2D eigenvalue weighted by Crippen LogP contribution is 2.17. The van der Waals surface area contributed by atoms with Crippen molar-refractivity contribution >= 4 is 17.6 Å². The van der Waals surface area contributed by atoms with E-state index in [1.165, 1.54) is 28.8 Å². The van der Waals surface area contributed by atoms with E-state index in [0.717, 1.165) is 0 Å². The highest BCUT2D eigenvalue weighted by Gasteiger charge is 2.22. The Bertz CT molecular complexity index is 523. The van der Waals surface area contributed by atoms with E-state index in [1.807, 2.05) is 0 Å². The van der Waals surface area contributed by atoms with Crippen molar-refractivity contribution in [1.29, 1.82) is 0 Å². The van der Waals surface area contributed by atoms with E-state index < -0.39 is 16.8 Å². The van der Waals surface area contributed by atoms with Gasteiger partial charge in [0.15, 0.2) is 0 Å². The lowest BCUT2D eigenvalue weighted by Crippen LogP contribution is -2.34. The second-order valence-corrected chi connectivity index (χ2v) is 4.09. The van der Waals surface area contributed by atoms with Crippen LogP contribution in [0.3, 0.4) is 0 Å². The molecule has 0 aliphatic rings. The summed E-state index contributed by atoms with van der Waals surface area (Å²) in [4.78, 5) is 34.8. The normalized spacial score (nSPS) is 10.2. The van der Waals surface area contributed by atoms with E-state index in [9.17, 15) is 19.7 Å². The number of aromatic nitrogens is 1. The largest absolute Gasteiger partial charge is 0.465 e. The minimum atomic E-state index is -0.561. The van der Waals surface area contributed by atoms with Gasteiger partial charge in [-0.15, -0.1) is 0 Å². The summed E-state index contributed by atoms with van der Waals surface area (Å²) in [5, 5.41) is 10.7. The Morgan fingerprint density at radius 1 is 1.45 bits per heavy atom. The van der Waals surface area contributed by atoms with Crippen LogP contribution < -0.4 is 0 Å². The van der Waals surface area contributed by atoms with Crippen molar-refractivity contribution < 1.29 is 19.2 Å². The maximum absolute atomic E-state index is 12.2. The third kappa shape index (κ3) is 3.56. The van der Waals surface area contributed by atoms with Gasteiger partial charge in [0, 0.05) is 19.7 Å². The zero-order chi connectivity index (χ0) is 15.3. The highest BCUT2D eigenvalue weighted by molar-refractivity contribution is 5.95. The van der Waals surface area contributed by atoms with E-state index >= 15 is 0 Å². The van der Waals surface area contributed by atoms with Crippen molar-refractivity contribution in [2.45, 2.75) is 20.4 Å². The average Bonchev–Trinajstić information content (AvgIpc) is 2.82. The molecular formula is C12H17N3O5. The zero-order valence-electron chi connectivity index (χ0n) is 11.7. The molecule has 0 aliphatic carbocycles. The van der Waals surface area contributed by atoms with Crippen molar-refractivity contribution in [3.8, 4) is 0 Å². The van der Waals surface area contributed by atoms with Crippen LogP contribution in [0.25, 0.3) is 0 Å². The first-order valence-electron chi connectivity index (χ1n) is 6.16. The van der Waals surface area contributed by atoms with E-state index in [4.69, 9.17) is 4.74 Å². The fraction of sp³-hybridized carbons (Fsp3) is 0.500. The van der Waals surface area contributed by atoms with Crippen LogP contribution in [-0.4, -0.2) is 46.5 Å². The lowest BCUT2D eigenvalue weighted by atomic mass is 10.3. The Balaban J connectivity index is 2.90. The molecule has 110 valence electrons. The third-order valence-electron chi connectivity index (χ3n) is 2.67. The fourth-order valence-corrected chi connectivity index (χ4v) is 1.70. The standard InChI is InChI=1S/C12H17N3O5/c1-4-14-7-9(15(18)19)6-10(14)12(17)13(3)8-11(16)20-5-2/h6-7H,4-5,8H2,1-3H3. The molecule has 0 atom stereocenters. The number of amides is 1. The minimum Gasteiger partial charge on any atom is -0.465 e. The SMILES string of the molecule is CCOC(=O)CN(C)C(=O)c1cc([N+](=O)[O-])cn1CC. The van der Waals surface area contributed by atoms with Crippen molar-refractivity contribution in [2.24, 2.45) is 0 Å². The predicted octanol–water partition coefficient (Wildman–Crippen LogP) is 1.05. The molecule has 20 heavy (non-hydrogen) atoms. The van der Waals surface area contributed by atoms with E-state index in [-0.39, 0.29) is 24.5 Å². The van der Waals surface area contributed by atoms with Crippen LogP contribution in [0, 0.1) is 10.1 Å². The number of carbonyl (C=O) groups is 2. The number of ether oxygens (including phenoxy) is 1. The Hall–Kier alpha value is -2.38.